The highest BCUT2D eigenvalue weighted by molar-refractivity contribution is 5.99. The van der Waals surface area contributed by atoms with Gasteiger partial charge in [-0.05, 0) is 43.2 Å². The molecule has 1 atom stereocenters. The number of nitrogens with zero attached hydrogens (tertiary/aromatic N) is 1. The van der Waals surface area contributed by atoms with Crippen molar-refractivity contribution in [1.82, 2.24) is 10.3 Å². The van der Waals surface area contributed by atoms with Gasteiger partial charge in [0.1, 0.15) is 0 Å². The number of carbonyl (C=O) groups excluding carboxylic acids is 1. The third-order valence-electron chi connectivity index (χ3n) is 5.09. The van der Waals surface area contributed by atoms with Crippen LogP contribution in [0.25, 0.3) is 16.5 Å². The molecule has 0 bridgehead atoms. The van der Waals surface area contributed by atoms with Gasteiger partial charge in [0.05, 0.1) is 17.7 Å². The molecule has 1 N–H and O–H groups in total. The highest BCUT2D eigenvalue weighted by atomic mass is 16.5. The molecule has 1 aliphatic rings. The molecule has 0 saturated heterocycles. The lowest BCUT2D eigenvalue weighted by Gasteiger charge is -2.29. The van der Waals surface area contributed by atoms with Crippen molar-refractivity contribution in [1.29, 1.82) is 0 Å². The molecule has 4 heteroatoms. The van der Waals surface area contributed by atoms with Crippen molar-refractivity contribution < 1.29 is 9.53 Å². The first-order valence-electron chi connectivity index (χ1n) is 9.27. The summed E-state index contributed by atoms with van der Waals surface area (Å²) in [5, 5.41) is 3.93. The van der Waals surface area contributed by atoms with Crippen LogP contribution in [0.4, 0.5) is 0 Å². The van der Waals surface area contributed by atoms with Crippen LogP contribution in [0.5, 0.6) is 0 Å². The first kappa shape index (κ1) is 18.6. The number of benzene rings is 1. The molecule has 0 fully saturated rings. The molecule has 2 aromatic rings. The number of hydrogen-bond donors (Lipinski definition) is 1. The minimum absolute atomic E-state index is 0.0368. The van der Waals surface area contributed by atoms with Gasteiger partial charge in [-0.2, -0.15) is 0 Å². The Hall–Kier alpha value is -2.20. The maximum Gasteiger partial charge on any atom is 0.253 e. The van der Waals surface area contributed by atoms with Gasteiger partial charge in [0.15, 0.2) is 0 Å². The average Bonchev–Trinajstić information content (AvgIpc) is 2.61. The van der Waals surface area contributed by atoms with Crippen molar-refractivity contribution in [2.24, 2.45) is 5.41 Å². The SMILES string of the molecule is COC[C@H](C)NC(=O)c1cnc2c(C3=CCC(C)(C)CC3)cccc2c1. The second-order valence-corrected chi connectivity index (χ2v) is 8.03. The van der Waals surface area contributed by atoms with Gasteiger partial charge in [-0.3, -0.25) is 9.78 Å². The van der Waals surface area contributed by atoms with Crippen LogP contribution in [0, 0.1) is 5.41 Å². The Bertz CT molecular complexity index is 839. The van der Waals surface area contributed by atoms with E-state index in [1.807, 2.05) is 19.1 Å². The third-order valence-corrected chi connectivity index (χ3v) is 5.09. The summed E-state index contributed by atoms with van der Waals surface area (Å²) in [5.41, 5.74) is 4.49. The van der Waals surface area contributed by atoms with Crippen LogP contribution >= 0.6 is 0 Å². The first-order valence-corrected chi connectivity index (χ1v) is 9.27. The number of hydrogen-bond acceptors (Lipinski definition) is 3. The van der Waals surface area contributed by atoms with Crippen LogP contribution in [-0.4, -0.2) is 30.6 Å². The van der Waals surface area contributed by atoms with Crippen LogP contribution in [0.2, 0.25) is 0 Å². The van der Waals surface area contributed by atoms with E-state index >= 15 is 0 Å². The number of allylic oxidation sites excluding steroid dienone is 2. The first-order chi connectivity index (χ1) is 12.4. The van der Waals surface area contributed by atoms with E-state index in [9.17, 15) is 4.79 Å². The molecule has 0 aliphatic heterocycles. The van der Waals surface area contributed by atoms with Crippen LogP contribution in [-0.2, 0) is 4.74 Å². The van der Waals surface area contributed by atoms with Gasteiger partial charge < -0.3 is 10.1 Å². The Balaban J connectivity index is 1.88. The summed E-state index contributed by atoms with van der Waals surface area (Å²) in [6.45, 7) is 7.04. The van der Waals surface area contributed by atoms with E-state index in [1.165, 1.54) is 17.6 Å². The van der Waals surface area contributed by atoms with Gasteiger partial charge in [0, 0.05) is 30.3 Å². The summed E-state index contributed by atoms with van der Waals surface area (Å²) in [6.07, 6.45) is 7.38. The predicted octanol–water partition coefficient (Wildman–Crippen LogP) is 4.59. The molecule has 0 unspecified atom stereocenters. The molecule has 0 spiro atoms. The van der Waals surface area contributed by atoms with E-state index in [4.69, 9.17) is 4.74 Å². The third kappa shape index (κ3) is 4.13. The maximum absolute atomic E-state index is 12.4. The summed E-state index contributed by atoms with van der Waals surface area (Å²) in [6, 6.07) is 8.10. The lowest BCUT2D eigenvalue weighted by molar-refractivity contribution is 0.0905. The number of amides is 1. The van der Waals surface area contributed by atoms with Crippen molar-refractivity contribution in [3.8, 4) is 0 Å². The number of carbonyl (C=O) groups is 1. The smallest absolute Gasteiger partial charge is 0.253 e. The predicted molar refractivity (Wildman–Crippen MR) is 106 cm³/mol. The fourth-order valence-corrected chi connectivity index (χ4v) is 3.46. The minimum Gasteiger partial charge on any atom is -0.383 e. The monoisotopic (exact) mass is 352 g/mol. The van der Waals surface area contributed by atoms with E-state index in [0.29, 0.717) is 17.6 Å². The number of pyridine rings is 1. The molecule has 0 saturated carbocycles. The number of nitrogens with one attached hydrogen (secondary N) is 1. The normalized spacial score (nSPS) is 17.6. The minimum atomic E-state index is -0.118. The Labute approximate surface area is 155 Å². The van der Waals surface area contributed by atoms with Gasteiger partial charge in [0.25, 0.3) is 5.91 Å². The number of methoxy groups -OCH3 is 1. The van der Waals surface area contributed by atoms with Gasteiger partial charge in [0.2, 0.25) is 0 Å². The van der Waals surface area contributed by atoms with Crippen molar-refractivity contribution in [3.05, 3.63) is 47.7 Å². The summed E-state index contributed by atoms with van der Waals surface area (Å²) in [7, 11) is 1.63. The Morgan fingerprint density at radius 3 is 2.88 bits per heavy atom. The summed E-state index contributed by atoms with van der Waals surface area (Å²) >= 11 is 0. The Kier molecular flexibility index (Phi) is 5.42. The standard InChI is InChI=1S/C22H28N2O2/c1-15(14-26-4)24-21(25)18-12-17-6-5-7-19(20(17)23-13-18)16-8-10-22(2,3)11-9-16/h5-8,12-13,15H,9-11,14H2,1-4H3,(H,24,25)/t15-/m0/s1. The van der Waals surface area contributed by atoms with E-state index in [1.54, 1.807) is 13.3 Å². The molecule has 1 heterocycles. The van der Waals surface area contributed by atoms with E-state index < -0.39 is 0 Å². The van der Waals surface area contributed by atoms with Crippen molar-refractivity contribution >= 4 is 22.4 Å². The number of ether oxygens (including phenoxy) is 1. The maximum atomic E-state index is 12.4. The molecule has 3 rings (SSSR count). The molecule has 1 aliphatic carbocycles. The lowest BCUT2D eigenvalue weighted by Crippen LogP contribution is -2.35. The van der Waals surface area contributed by atoms with Gasteiger partial charge >= 0.3 is 0 Å². The van der Waals surface area contributed by atoms with E-state index in [-0.39, 0.29) is 11.9 Å². The zero-order valence-electron chi connectivity index (χ0n) is 16.1. The number of aromatic nitrogens is 1. The molecule has 1 aromatic heterocycles. The van der Waals surface area contributed by atoms with Gasteiger partial charge in [-0.25, -0.2) is 0 Å². The molecule has 1 amide bonds. The number of fused-ring (bicyclic) bond motifs is 1. The van der Waals surface area contributed by atoms with Gasteiger partial charge in [-0.1, -0.05) is 38.1 Å². The largest absolute Gasteiger partial charge is 0.383 e. The van der Waals surface area contributed by atoms with Gasteiger partial charge in [-0.15, -0.1) is 0 Å². The topological polar surface area (TPSA) is 51.2 Å². The number of rotatable bonds is 5. The molecule has 4 nitrogen and oxygen atoms in total. The van der Waals surface area contributed by atoms with Crippen LogP contribution in [0.15, 0.2) is 36.5 Å². The zero-order valence-corrected chi connectivity index (χ0v) is 16.1. The van der Waals surface area contributed by atoms with Crippen LogP contribution in [0.3, 0.4) is 0 Å². The highest BCUT2D eigenvalue weighted by Crippen LogP contribution is 2.39. The average molecular weight is 352 g/mol. The molecular formula is C22H28N2O2. The molecule has 0 radical (unpaired) electrons. The summed E-state index contributed by atoms with van der Waals surface area (Å²) in [4.78, 5) is 17.0. The second kappa shape index (κ2) is 7.58. The molecular weight excluding hydrogens is 324 g/mol. The Morgan fingerprint density at radius 1 is 1.38 bits per heavy atom. The quantitative estimate of drug-likeness (QED) is 0.856. The van der Waals surface area contributed by atoms with Crippen molar-refractivity contribution in [2.75, 3.05) is 13.7 Å². The Morgan fingerprint density at radius 2 is 2.19 bits per heavy atom. The zero-order chi connectivity index (χ0) is 18.7. The fraction of sp³-hybridized carbons (Fsp3) is 0.455. The van der Waals surface area contributed by atoms with Crippen LogP contribution in [0.1, 0.15) is 56.0 Å². The fourth-order valence-electron chi connectivity index (χ4n) is 3.46. The summed E-state index contributed by atoms with van der Waals surface area (Å²) in [5.74, 6) is -0.118. The molecule has 1 aromatic carbocycles. The van der Waals surface area contributed by atoms with Crippen molar-refractivity contribution in [2.45, 2.75) is 46.1 Å². The summed E-state index contributed by atoms with van der Waals surface area (Å²) < 4.78 is 5.07. The van der Waals surface area contributed by atoms with E-state index in [0.717, 1.165) is 23.7 Å². The van der Waals surface area contributed by atoms with Crippen molar-refractivity contribution in [3.63, 3.8) is 0 Å². The lowest BCUT2D eigenvalue weighted by atomic mass is 9.77. The van der Waals surface area contributed by atoms with Crippen LogP contribution < -0.4 is 5.32 Å². The molecule has 138 valence electrons. The number of para-hydroxylation sites is 1. The highest BCUT2D eigenvalue weighted by Gasteiger charge is 2.23. The van der Waals surface area contributed by atoms with E-state index in [2.05, 4.69) is 42.4 Å². The second-order valence-electron chi connectivity index (χ2n) is 8.03. The molecule has 26 heavy (non-hydrogen) atoms.